The molecule has 1 aromatic carbocycles. The minimum Gasteiger partial charge on any atom is -0.349 e. The van der Waals surface area contributed by atoms with Gasteiger partial charge in [-0.2, -0.15) is 0 Å². The molecule has 3 N–H and O–H groups in total. The highest BCUT2D eigenvalue weighted by Crippen LogP contribution is 2.32. The molecule has 1 saturated carbocycles. The Morgan fingerprint density at radius 2 is 2.06 bits per heavy atom. The maximum Gasteiger partial charge on any atom is 0.222 e. The smallest absolute Gasteiger partial charge is 0.222 e. The first-order valence-corrected chi connectivity index (χ1v) is 6.80. The Morgan fingerprint density at radius 3 is 2.61 bits per heavy atom. The highest BCUT2D eigenvalue weighted by molar-refractivity contribution is 5.77. The van der Waals surface area contributed by atoms with Crippen molar-refractivity contribution >= 4 is 5.91 Å². The summed E-state index contributed by atoms with van der Waals surface area (Å²) in [6.07, 6.45) is 3.72. The number of hydrogen-bond acceptors (Lipinski definition) is 2. The van der Waals surface area contributed by atoms with Crippen LogP contribution in [0.1, 0.15) is 44.2 Å². The second kappa shape index (κ2) is 6.01. The van der Waals surface area contributed by atoms with Crippen LogP contribution < -0.4 is 11.1 Å². The van der Waals surface area contributed by atoms with Gasteiger partial charge in [-0.3, -0.25) is 4.79 Å². The lowest BCUT2D eigenvalue weighted by atomic mass is 10.0. The summed E-state index contributed by atoms with van der Waals surface area (Å²) in [5.74, 6) is 0.651. The van der Waals surface area contributed by atoms with Crippen molar-refractivity contribution < 1.29 is 4.79 Å². The van der Waals surface area contributed by atoms with Crippen molar-refractivity contribution in [3.05, 3.63) is 35.9 Å². The van der Waals surface area contributed by atoms with E-state index in [1.807, 2.05) is 18.2 Å². The largest absolute Gasteiger partial charge is 0.349 e. The lowest BCUT2D eigenvalue weighted by Gasteiger charge is -2.19. The van der Waals surface area contributed by atoms with Crippen LogP contribution in [0.5, 0.6) is 0 Å². The van der Waals surface area contributed by atoms with Crippen molar-refractivity contribution in [2.24, 2.45) is 11.7 Å². The predicted octanol–water partition coefficient (Wildman–Crippen LogP) is 2.38. The topological polar surface area (TPSA) is 55.1 Å². The Kier molecular flexibility index (Phi) is 4.37. The Bertz CT molecular complexity index is 387. The number of nitrogens with one attached hydrogen (secondary N) is 1. The van der Waals surface area contributed by atoms with Crippen LogP contribution >= 0.6 is 0 Å². The fourth-order valence-corrected chi connectivity index (χ4v) is 2.26. The van der Waals surface area contributed by atoms with Crippen molar-refractivity contribution in [1.29, 1.82) is 0 Å². The van der Waals surface area contributed by atoms with Gasteiger partial charge in [-0.15, -0.1) is 0 Å². The zero-order valence-corrected chi connectivity index (χ0v) is 10.9. The lowest BCUT2D eigenvalue weighted by molar-refractivity contribution is -0.122. The van der Waals surface area contributed by atoms with Crippen LogP contribution in [0.4, 0.5) is 0 Å². The minimum atomic E-state index is 0.0401. The molecule has 0 heterocycles. The van der Waals surface area contributed by atoms with Crippen LogP contribution in [0.3, 0.4) is 0 Å². The third kappa shape index (κ3) is 3.57. The molecule has 1 aliphatic rings. The Hall–Kier alpha value is -1.35. The molecule has 3 nitrogen and oxygen atoms in total. The highest BCUT2D eigenvalue weighted by Gasteiger charge is 2.30. The zero-order chi connectivity index (χ0) is 13.0. The van der Waals surface area contributed by atoms with Gasteiger partial charge >= 0.3 is 0 Å². The van der Waals surface area contributed by atoms with Gasteiger partial charge in [0, 0.05) is 12.5 Å². The number of rotatable bonds is 6. The van der Waals surface area contributed by atoms with E-state index in [0.717, 1.165) is 12.0 Å². The van der Waals surface area contributed by atoms with Gasteiger partial charge in [0.15, 0.2) is 0 Å². The van der Waals surface area contributed by atoms with E-state index in [9.17, 15) is 4.79 Å². The van der Waals surface area contributed by atoms with E-state index < -0.39 is 0 Å². The second-order valence-corrected chi connectivity index (χ2v) is 5.14. The number of carbonyl (C=O) groups excluding carboxylic acids is 1. The van der Waals surface area contributed by atoms with Crippen molar-refractivity contribution in [3.8, 4) is 0 Å². The van der Waals surface area contributed by atoms with E-state index in [0.29, 0.717) is 12.3 Å². The van der Waals surface area contributed by atoms with Gasteiger partial charge in [0.25, 0.3) is 0 Å². The molecule has 2 atom stereocenters. The summed E-state index contributed by atoms with van der Waals surface area (Å²) in [5, 5.41) is 3.08. The van der Waals surface area contributed by atoms with Crippen molar-refractivity contribution in [3.63, 3.8) is 0 Å². The molecule has 1 fully saturated rings. The van der Waals surface area contributed by atoms with E-state index in [1.54, 1.807) is 0 Å². The van der Waals surface area contributed by atoms with Crippen LogP contribution in [-0.2, 0) is 4.79 Å². The van der Waals surface area contributed by atoms with Crippen LogP contribution in [0.25, 0.3) is 0 Å². The van der Waals surface area contributed by atoms with Gasteiger partial charge in [0.1, 0.15) is 0 Å². The lowest BCUT2D eigenvalue weighted by Crippen LogP contribution is -2.34. The SMILES string of the molecule is CCC(NC(=O)CC(N)C1CC1)c1ccccc1. The van der Waals surface area contributed by atoms with E-state index in [-0.39, 0.29) is 18.0 Å². The number of amides is 1. The van der Waals surface area contributed by atoms with Crippen molar-refractivity contribution in [2.75, 3.05) is 0 Å². The molecule has 0 saturated heterocycles. The summed E-state index contributed by atoms with van der Waals surface area (Å²) < 4.78 is 0. The van der Waals surface area contributed by atoms with Gasteiger partial charge in [0.2, 0.25) is 5.91 Å². The van der Waals surface area contributed by atoms with Gasteiger partial charge in [-0.1, -0.05) is 37.3 Å². The van der Waals surface area contributed by atoms with Crippen LogP contribution in [0, 0.1) is 5.92 Å². The summed E-state index contributed by atoms with van der Waals surface area (Å²) in [6.45, 7) is 2.08. The zero-order valence-electron chi connectivity index (χ0n) is 10.9. The van der Waals surface area contributed by atoms with E-state index in [1.165, 1.54) is 12.8 Å². The number of benzene rings is 1. The Morgan fingerprint density at radius 1 is 1.39 bits per heavy atom. The molecule has 1 amide bonds. The second-order valence-electron chi connectivity index (χ2n) is 5.14. The monoisotopic (exact) mass is 246 g/mol. The maximum atomic E-state index is 11.9. The third-order valence-electron chi connectivity index (χ3n) is 3.59. The van der Waals surface area contributed by atoms with Gasteiger partial charge in [0.05, 0.1) is 6.04 Å². The first-order chi connectivity index (χ1) is 8.70. The molecule has 1 aromatic rings. The van der Waals surface area contributed by atoms with Gasteiger partial charge in [-0.25, -0.2) is 0 Å². The highest BCUT2D eigenvalue weighted by atomic mass is 16.1. The normalized spacial score (nSPS) is 18.1. The maximum absolute atomic E-state index is 11.9. The first kappa shape index (κ1) is 13.1. The number of nitrogens with two attached hydrogens (primary N) is 1. The predicted molar refractivity (Wildman–Crippen MR) is 72.9 cm³/mol. The summed E-state index contributed by atoms with van der Waals surface area (Å²) >= 11 is 0. The molecule has 3 heteroatoms. The average Bonchev–Trinajstić information content (AvgIpc) is 3.21. The van der Waals surface area contributed by atoms with Crippen LogP contribution in [-0.4, -0.2) is 11.9 Å². The molecular formula is C15H22N2O. The summed E-state index contributed by atoms with van der Waals surface area (Å²) in [7, 11) is 0. The fourth-order valence-electron chi connectivity index (χ4n) is 2.26. The van der Waals surface area contributed by atoms with E-state index in [4.69, 9.17) is 5.73 Å². The van der Waals surface area contributed by atoms with Crippen LogP contribution in [0.2, 0.25) is 0 Å². The van der Waals surface area contributed by atoms with Gasteiger partial charge < -0.3 is 11.1 Å². The quantitative estimate of drug-likeness (QED) is 0.809. The van der Waals surface area contributed by atoms with Crippen LogP contribution in [0.15, 0.2) is 30.3 Å². The van der Waals surface area contributed by atoms with Crippen molar-refractivity contribution in [1.82, 2.24) is 5.32 Å². The molecule has 18 heavy (non-hydrogen) atoms. The molecule has 98 valence electrons. The molecule has 0 radical (unpaired) electrons. The molecule has 2 unspecified atom stereocenters. The number of hydrogen-bond donors (Lipinski definition) is 2. The molecule has 0 spiro atoms. The fraction of sp³-hybridized carbons (Fsp3) is 0.533. The Balaban J connectivity index is 1.87. The van der Waals surface area contributed by atoms with E-state index in [2.05, 4.69) is 24.4 Å². The molecule has 0 aromatic heterocycles. The minimum absolute atomic E-state index is 0.0401. The average molecular weight is 246 g/mol. The molecule has 2 rings (SSSR count). The summed E-state index contributed by atoms with van der Waals surface area (Å²) in [6, 6.07) is 10.2. The van der Waals surface area contributed by atoms with E-state index >= 15 is 0 Å². The summed E-state index contributed by atoms with van der Waals surface area (Å²) in [5.41, 5.74) is 7.14. The van der Waals surface area contributed by atoms with Gasteiger partial charge in [-0.05, 0) is 30.7 Å². The molecule has 1 aliphatic carbocycles. The number of carbonyl (C=O) groups is 1. The molecular weight excluding hydrogens is 224 g/mol. The third-order valence-corrected chi connectivity index (χ3v) is 3.59. The van der Waals surface area contributed by atoms with Crippen molar-refractivity contribution in [2.45, 2.75) is 44.7 Å². The standard InChI is InChI=1S/C15H22N2O/c1-2-14(12-6-4-3-5-7-12)17-15(18)10-13(16)11-8-9-11/h3-7,11,13-14H,2,8-10,16H2,1H3,(H,17,18). The molecule has 0 bridgehead atoms. The first-order valence-electron chi connectivity index (χ1n) is 6.80. The molecule has 0 aliphatic heterocycles. The summed E-state index contributed by atoms with van der Waals surface area (Å²) in [4.78, 5) is 11.9. The Labute approximate surface area is 109 Å².